The lowest BCUT2D eigenvalue weighted by molar-refractivity contribution is -0.384. The Morgan fingerprint density at radius 2 is 1.50 bits per heavy atom. The number of methoxy groups -OCH3 is 4. The summed E-state index contributed by atoms with van der Waals surface area (Å²) in [5.74, 6) is -0.170. The highest BCUT2D eigenvalue weighted by atomic mass is 16.6. The number of carbonyl (C=O) groups is 2. The number of nitrogens with zero attached hydrogens (tertiary/aromatic N) is 2. The minimum atomic E-state index is -0.903. The van der Waals surface area contributed by atoms with Crippen molar-refractivity contribution in [2.75, 3.05) is 41.7 Å². The number of aromatic nitrogens is 2. The summed E-state index contributed by atoms with van der Waals surface area (Å²) in [6.07, 6.45) is 2.98. The topological polar surface area (TPSA) is 173 Å². The predicted molar refractivity (Wildman–Crippen MR) is 175 cm³/mol. The molecule has 2 aromatic carbocycles. The number of benzene rings is 2. The highest BCUT2D eigenvalue weighted by Gasteiger charge is 2.38. The average Bonchev–Trinajstić information content (AvgIpc) is 3.56. The molecule has 256 valence electrons. The first kappa shape index (κ1) is 35.3. The Hall–Kier alpha value is -5.53. The van der Waals surface area contributed by atoms with E-state index in [1.165, 1.54) is 25.3 Å². The highest BCUT2D eigenvalue weighted by molar-refractivity contribution is 5.99. The zero-order chi connectivity index (χ0) is 34.8. The van der Waals surface area contributed by atoms with Gasteiger partial charge in [-0.2, -0.15) is 0 Å². The number of non-ortho nitro benzene ring substituents is 1. The van der Waals surface area contributed by atoms with Gasteiger partial charge in [-0.05, 0) is 57.2 Å². The maximum Gasteiger partial charge on any atom is 0.336 e. The van der Waals surface area contributed by atoms with Crippen molar-refractivity contribution in [3.63, 3.8) is 0 Å². The molecule has 2 N–H and O–H groups in total. The van der Waals surface area contributed by atoms with Gasteiger partial charge >= 0.3 is 11.9 Å². The fourth-order valence-corrected chi connectivity index (χ4v) is 5.54. The number of carbonyl (C=O) groups excluding carboxylic acids is 2. The Bertz CT molecular complexity index is 1690. The summed E-state index contributed by atoms with van der Waals surface area (Å²) < 4.78 is 32.7. The molecule has 0 fully saturated rings. The molecular formula is C34H40N4O10. The third-order valence-corrected chi connectivity index (χ3v) is 7.85. The minimum Gasteiger partial charge on any atom is -0.493 e. The van der Waals surface area contributed by atoms with E-state index >= 15 is 0 Å². The summed E-state index contributed by atoms with van der Waals surface area (Å²) in [6, 6.07) is 11.3. The first-order chi connectivity index (χ1) is 23.1. The molecule has 0 saturated carbocycles. The zero-order valence-corrected chi connectivity index (χ0v) is 27.8. The van der Waals surface area contributed by atoms with Crippen LogP contribution in [0, 0.1) is 10.1 Å². The smallest absolute Gasteiger partial charge is 0.336 e. The van der Waals surface area contributed by atoms with Crippen LogP contribution in [0.25, 0.3) is 11.3 Å². The molecule has 0 amide bonds. The molecule has 14 nitrogen and oxygen atoms in total. The second kappa shape index (κ2) is 16.3. The number of hydrogen-bond acceptors (Lipinski definition) is 12. The van der Waals surface area contributed by atoms with E-state index in [0.717, 1.165) is 30.5 Å². The Morgan fingerprint density at radius 1 is 0.854 bits per heavy atom. The number of dihydropyridines is 1. The molecule has 1 aromatic heterocycles. The number of esters is 2. The standard InChI is InChI=1S/C34H40N4O10/c1-20-29(33(39)46-6)31(22-12-11-13-24(16-22)38(41)42)30(21(2)35-20)34(40)48-15-10-8-7-9-14-47-28-19-25(36-37-28)23-17-26(43-3)32(45-5)27(18-23)44-4/h11-13,16-19,31,35H,7-10,14-15H2,1-6H3,(H,36,37). The second-order valence-corrected chi connectivity index (χ2v) is 10.9. The largest absolute Gasteiger partial charge is 0.493 e. The molecule has 4 rings (SSSR count). The lowest BCUT2D eigenvalue weighted by atomic mass is 9.80. The van der Waals surface area contributed by atoms with Gasteiger partial charge in [-0.25, -0.2) is 9.59 Å². The van der Waals surface area contributed by atoms with Crippen LogP contribution in [0.1, 0.15) is 51.0 Å². The van der Waals surface area contributed by atoms with Crippen molar-refractivity contribution in [2.24, 2.45) is 0 Å². The molecule has 0 radical (unpaired) electrons. The Balaban J connectivity index is 1.29. The van der Waals surface area contributed by atoms with Gasteiger partial charge < -0.3 is 33.7 Å². The fraction of sp³-hybridized carbons (Fsp3) is 0.382. The van der Waals surface area contributed by atoms with Crippen molar-refractivity contribution in [1.82, 2.24) is 15.5 Å². The monoisotopic (exact) mass is 664 g/mol. The van der Waals surface area contributed by atoms with Gasteiger partial charge in [0.2, 0.25) is 11.6 Å². The van der Waals surface area contributed by atoms with Gasteiger partial charge in [-0.3, -0.25) is 15.2 Å². The number of hydrogen-bond donors (Lipinski definition) is 2. The summed E-state index contributed by atoms with van der Waals surface area (Å²) in [7, 11) is 5.89. The molecule has 48 heavy (non-hydrogen) atoms. The molecular weight excluding hydrogens is 624 g/mol. The second-order valence-electron chi connectivity index (χ2n) is 10.9. The van der Waals surface area contributed by atoms with Crippen LogP contribution in [0.3, 0.4) is 0 Å². The van der Waals surface area contributed by atoms with Crippen LogP contribution in [0.2, 0.25) is 0 Å². The molecule has 14 heteroatoms. The van der Waals surface area contributed by atoms with Crippen LogP contribution in [0.15, 0.2) is 65.0 Å². The van der Waals surface area contributed by atoms with Crippen molar-refractivity contribution >= 4 is 17.6 Å². The van der Waals surface area contributed by atoms with E-state index < -0.39 is 22.8 Å². The van der Waals surface area contributed by atoms with E-state index in [9.17, 15) is 19.7 Å². The van der Waals surface area contributed by atoms with Gasteiger partial charge in [0, 0.05) is 35.2 Å². The number of nitro benzene ring substituents is 1. The van der Waals surface area contributed by atoms with Crippen LogP contribution in [0.4, 0.5) is 5.69 Å². The summed E-state index contributed by atoms with van der Waals surface area (Å²) in [5.41, 5.74) is 3.12. The lowest BCUT2D eigenvalue weighted by Crippen LogP contribution is -2.32. The first-order valence-corrected chi connectivity index (χ1v) is 15.3. The Kier molecular flexibility index (Phi) is 12.0. The SMILES string of the molecule is COC(=O)C1=C(C)NC(C)=C(C(=O)OCCCCCCOc2cc(-c3cc(OC)c(OC)c(OC)c3)[nH]n2)C1c1cccc([N+](=O)[O-])c1. The molecule has 0 bridgehead atoms. The van der Waals surface area contributed by atoms with Crippen LogP contribution < -0.4 is 24.3 Å². The normalized spacial score (nSPS) is 14.2. The third-order valence-electron chi connectivity index (χ3n) is 7.85. The lowest BCUT2D eigenvalue weighted by Gasteiger charge is -2.30. The van der Waals surface area contributed by atoms with Crippen molar-refractivity contribution in [3.05, 3.63) is 80.7 Å². The molecule has 0 aliphatic carbocycles. The molecule has 1 aliphatic rings. The third kappa shape index (κ3) is 8.06. The van der Waals surface area contributed by atoms with E-state index in [-0.39, 0.29) is 23.4 Å². The molecule has 3 aromatic rings. The molecule has 0 saturated heterocycles. The van der Waals surface area contributed by atoms with Gasteiger partial charge in [-0.15, -0.1) is 5.10 Å². The number of nitro groups is 1. The average molecular weight is 665 g/mol. The zero-order valence-electron chi connectivity index (χ0n) is 27.8. The van der Waals surface area contributed by atoms with Crippen LogP contribution in [-0.4, -0.2) is 68.7 Å². The number of unbranched alkanes of at least 4 members (excludes halogenated alkanes) is 3. The maximum absolute atomic E-state index is 13.4. The summed E-state index contributed by atoms with van der Waals surface area (Å²) in [5, 5.41) is 21.7. The van der Waals surface area contributed by atoms with Gasteiger partial charge in [0.25, 0.3) is 5.69 Å². The number of aromatic amines is 1. The quantitative estimate of drug-likeness (QED) is 0.0841. The van der Waals surface area contributed by atoms with E-state index in [2.05, 4.69) is 15.5 Å². The van der Waals surface area contributed by atoms with Crippen molar-refractivity contribution < 1.29 is 42.9 Å². The number of ether oxygens (including phenoxy) is 6. The molecule has 1 atom stereocenters. The highest BCUT2D eigenvalue weighted by Crippen LogP contribution is 2.42. The van der Waals surface area contributed by atoms with Gasteiger partial charge in [0.15, 0.2) is 11.5 Å². The van der Waals surface area contributed by atoms with Gasteiger partial charge in [0.1, 0.15) is 0 Å². The van der Waals surface area contributed by atoms with Gasteiger partial charge in [-0.1, -0.05) is 12.1 Å². The van der Waals surface area contributed by atoms with E-state index in [4.69, 9.17) is 28.4 Å². The van der Waals surface area contributed by atoms with Crippen LogP contribution >= 0.6 is 0 Å². The molecule has 0 spiro atoms. The summed E-state index contributed by atoms with van der Waals surface area (Å²) in [6.45, 7) is 3.99. The van der Waals surface area contributed by atoms with E-state index in [1.807, 2.05) is 12.1 Å². The minimum absolute atomic E-state index is 0.159. The maximum atomic E-state index is 13.4. The number of nitrogens with one attached hydrogen (secondary N) is 2. The summed E-state index contributed by atoms with van der Waals surface area (Å²) in [4.78, 5) is 37.1. The van der Waals surface area contributed by atoms with Crippen molar-refractivity contribution in [1.29, 1.82) is 0 Å². The summed E-state index contributed by atoms with van der Waals surface area (Å²) >= 11 is 0. The Labute approximate surface area is 278 Å². The number of rotatable bonds is 16. The molecule has 1 aliphatic heterocycles. The van der Waals surface area contributed by atoms with E-state index in [1.54, 1.807) is 47.3 Å². The van der Waals surface area contributed by atoms with Gasteiger partial charge in [0.05, 0.1) is 69.3 Å². The van der Waals surface area contributed by atoms with Crippen molar-refractivity contribution in [3.8, 4) is 34.4 Å². The molecule has 1 unspecified atom stereocenters. The Morgan fingerprint density at radius 3 is 2.10 bits per heavy atom. The van der Waals surface area contributed by atoms with Crippen LogP contribution in [-0.2, 0) is 19.1 Å². The predicted octanol–water partition coefficient (Wildman–Crippen LogP) is 5.60. The van der Waals surface area contributed by atoms with Crippen molar-refractivity contribution in [2.45, 2.75) is 45.4 Å². The van der Waals surface area contributed by atoms with Crippen LogP contribution in [0.5, 0.6) is 23.1 Å². The fourth-order valence-electron chi connectivity index (χ4n) is 5.54. The number of allylic oxidation sites excluding steroid dienone is 2. The number of H-pyrrole nitrogens is 1. The molecule has 2 heterocycles. The van der Waals surface area contributed by atoms with E-state index in [0.29, 0.717) is 53.1 Å². The first-order valence-electron chi connectivity index (χ1n) is 15.3.